The van der Waals surface area contributed by atoms with Gasteiger partial charge in [-0.2, -0.15) is 0 Å². The number of amides is 1. The van der Waals surface area contributed by atoms with E-state index in [4.69, 9.17) is 0 Å². The Kier molecular flexibility index (Phi) is 5.02. The largest absolute Gasteiger partial charge is 0.372 e. The van der Waals surface area contributed by atoms with E-state index < -0.39 is 11.5 Å². The zero-order chi connectivity index (χ0) is 17.9. The fourth-order valence-electron chi connectivity index (χ4n) is 2.73. The van der Waals surface area contributed by atoms with Gasteiger partial charge in [0.2, 0.25) is 0 Å². The molecule has 0 atom stereocenters. The highest BCUT2D eigenvalue weighted by atomic mass is 79.9. The first-order valence-electron chi connectivity index (χ1n) is 7.93. The van der Waals surface area contributed by atoms with Gasteiger partial charge in [0.25, 0.3) is 5.91 Å². The predicted molar refractivity (Wildman–Crippen MR) is 103 cm³/mol. The summed E-state index contributed by atoms with van der Waals surface area (Å²) in [5.74, 6) is -0.494. The molecule has 0 aliphatic carbocycles. The molecule has 126 valence electrons. The highest BCUT2D eigenvalue weighted by molar-refractivity contribution is 9.10. The average molecular weight is 396 g/mol. The third-order valence-electron chi connectivity index (χ3n) is 4.13. The highest BCUT2D eigenvalue weighted by Gasteiger charge is 2.39. The summed E-state index contributed by atoms with van der Waals surface area (Å²) >= 11 is 3.45. The number of anilines is 1. The molecule has 0 aliphatic heterocycles. The second-order valence-corrected chi connectivity index (χ2v) is 6.71. The first-order chi connectivity index (χ1) is 12.0. The van der Waals surface area contributed by atoms with E-state index in [0.29, 0.717) is 16.8 Å². The van der Waals surface area contributed by atoms with Gasteiger partial charge in [-0.25, -0.2) is 0 Å². The minimum absolute atomic E-state index is 0.494. The molecule has 3 nitrogen and oxygen atoms in total. The molecular formula is C21H18BrNO2. The van der Waals surface area contributed by atoms with Crippen molar-refractivity contribution in [2.45, 2.75) is 12.5 Å². The molecule has 3 aromatic rings. The van der Waals surface area contributed by atoms with Crippen molar-refractivity contribution in [3.05, 3.63) is 100 Å². The minimum atomic E-state index is -1.77. The van der Waals surface area contributed by atoms with E-state index in [1.54, 1.807) is 54.6 Å². The van der Waals surface area contributed by atoms with E-state index in [1.165, 1.54) is 0 Å². The summed E-state index contributed by atoms with van der Waals surface area (Å²) in [5, 5.41) is 14.2. The molecule has 0 heterocycles. The van der Waals surface area contributed by atoms with Gasteiger partial charge in [0, 0.05) is 10.2 Å². The molecule has 0 saturated carbocycles. The van der Waals surface area contributed by atoms with Crippen LogP contribution in [-0.2, 0) is 10.4 Å². The quantitative estimate of drug-likeness (QED) is 0.676. The van der Waals surface area contributed by atoms with Gasteiger partial charge in [0.1, 0.15) is 0 Å². The summed E-state index contributed by atoms with van der Waals surface area (Å²) in [6.45, 7) is 1.94. The van der Waals surface area contributed by atoms with Crippen LogP contribution < -0.4 is 5.32 Å². The molecule has 3 aromatic carbocycles. The van der Waals surface area contributed by atoms with Crippen molar-refractivity contribution < 1.29 is 9.90 Å². The SMILES string of the molecule is Cc1cc(NC(=O)C(O)(c2ccccc2)c2ccccc2)ccc1Br. The molecule has 0 fully saturated rings. The van der Waals surface area contributed by atoms with Crippen LogP contribution in [0.1, 0.15) is 16.7 Å². The first-order valence-corrected chi connectivity index (χ1v) is 8.72. The van der Waals surface area contributed by atoms with Gasteiger partial charge in [-0.1, -0.05) is 76.6 Å². The van der Waals surface area contributed by atoms with Crippen LogP contribution in [0.15, 0.2) is 83.3 Å². The lowest BCUT2D eigenvalue weighted by Gasteiger charge is -2.28. The molecule has 25 heavy (non-hydrogen) atoms. The standard InChI is InChI=1S/C21H18BrNO2/c1-15-14-18(12-13-19(15)22)23-20(24)21(25,16-8-4-2-5-9-16)17-10-6-3-7-11-17/h2-14,25H,1H3,(H,23,24). The maximum Gasteiger partial charge on any atom is 0.265 e. The van der Waals surface area contributed by atoms with Gasteiger partial charge in [0.15, 0.2) is 5.60 Å². The van der Waals surface area contributed by atoms with Gasteiger partial charge in [-0.3, -0.25) is 4.79 Å². The van der Waals surface area contributed by atoms with Crippen molar-refractivity contribution in [3.8, 4) is 0 Å². The molecule has 0 saturated heterocycles. The van der Waals surface area contributed by atoms with Gasteiger partial charge >= 0.3 is 0 Å². The normalized spacial score (nSPS) is 11.2. The van der Waals surface area contributed by atoms with Crippen LogP contribution in [0.2, 0.25) is 0 Å². The van der Waals surface area contributed by atoms with Crippen molar-refractivity contribution in [1.29, 1.82) is 0 Å². The monoisotopic (exact) mass is 395 g/mol. The van der Waals surface area contributed by atoms with Gasteiger partial charge in [-0.15, -0.1) is 0 Å². The number of nitrogens with one attached hydrogen (secondary N) is 1. The molecule has 2 N–H and O–H groups in total. The van der Waals surface area contributed by atoms with Gasteiger partial charge in [0.05, 0.1) is 0 Å². The summed E-state index contributed by atoms with van der Waals surface area (Å²) in [4.78, 5) is 13.1. The van der Waals surface area contributed by atoms with Crippen LogP contribution in [0.25, 0.3) is 0 Å². The van der Waals surface area contributed by atoms with Gasteiger partial charge in [-0.05, 0) is 41.8 Å². The van der Waals surface area contributed by atoms with Crippen LogP contribution in [0.3, 0.4) is 0 Å². The number of aryl methyl sites for hydroxylation is 1. The zero-order valence-corrected chi connectivity index (χ0v) is 15.3. The molecule has 3 rings (SSSR count). The van der Waals surface area contributed by atoms with Crippen molar-refractivity contribution >= 4 is 27.5 Å². The zero-order valence-electron chi connectivity index (χ0n) is 13.7. The summed E-state index contributed by atoms with van der Waals surface area (Å²) in [5.41, 5.74) is 0.903. The third-order valence-corrected chi connectivity index (χ3v) is 5.02. The lowest BCUT2D eigenvalue weighted by Crippen LogP contribution is -2.41. The molecule has 0 spiro atoms. The number of halogens is 1. The Morgan fingerprint density at radius 2 is 1.44 bits per heavy atom. The highest BCUT2D eigenvalue weighted by Crippen LogP contribution is 2.31. The minimum Gasteiger partial charge on any atom is -0.372 e. The topological polar surface area (TPSA) is 49.3 Å². The maximum absolute atomic E-state index is 13.1. The lowest BCUT2D eigenvalue weighted by atomic mass is 9.85. The molecule has 0 bridgehead atoms. The number of carbonyl (C=O) groups is 1. The Balaban J connectivity index is 2.02. The van der Waals surface area contributed by atoms with Crippen LogP contribution in [0.5, 0.6) is 0 Å². The van der Waals surface area contributed by atoms with E-state index in [9.17, 15) is 9.90 Å². The summed E-state index contributed by atoms with van der Waals surface area (Å²) < 4.78 is 0.965. The van der Waals surface area contributed by atoms with Crippen molar-refractivity contribution in [2.24, 2.45) is 0 Å². The first kappa shape index (κ1) is 17.4. The molecule has 0 aromatic heterocycles. The summed E-state index contributed by atoms with van der Waals surface area (Å²) in [7, 11) is 0. The van der Waals surface area contributed by atoms with Gasteiger partial charge < -0.3 is 10.4 Å². The number of aliphatic hydroxyl groups is 1. The molecule has 4 heteroatoms. The van der Waals surface area contributed by atoms with Crippen molar-refractivity contribution in [1.82, 2.24) is 0 Å². The smallest absolute Gasteiger partial charge is 0.265 e. The van der Waals surface area contributed by atoms with E-state index in [1.807, 2.05) is 31.2 Å². The fourth-order valence-corrected chi connectivity index (χ4v) is 2.98. The number of hydrogen-bond donors (Lipinski definition) is 2. The van der Waals surface area contributed by atoms with Crippen molar-refractivity contribution in [3.63, 3.8) is 0 Å². The molecule has 1 amide bonds. The average Bonchev–Trinajstić information content (AvgIpc) is 2.65. The summed E-state index contributed by atoms with van der Waals surface area (Å²) in [6, 6.07) is 23.5. The number of carbonyl (C=O) groups excluding carboxylic acids is 1. The Bertz CT molecular complexity index is 839. The number of rotatable bonds is 4. The van der Waals surface area contributed by atoms with Crippen molar-refractivity contribution in [2.75, 3.05) is 5.32 Å². The lowest BCUT2D eigenvalue weighted by molar-refractivity contribution is -0.131. The molecule has 0 radical (unpaired) electrons. The Labute approximate surface area is 155 Å². The van der Waals surface area contributed by atoms with Crippen LogP contribution in [-0.4, -0.2) is 11.0 Å². The molecule has 0 aliphatic rings. The van der Waals surface area contributed by atoms with E-state index in [-0.39, 0.29) is 0 Å². The van der Waals surface area contributed by atoms with Crippen LogP contribution >= 0.6 is 15.9 Å². The number of benzene rings is 3. The Morgan fingerprint density at radius 1 is 0.920 bits per heavy atom. The maximum atomic E-state index is 13.1. The Morgan fingerprint density at radius 3 is 1.92 bits per heavy atom. The fraction of sp³-hybridized carbons (Fsp3) is 0.0952. The predicted octanol–water partition coefficient (Wildman–Crippen LogP) is 4.63. The summed E-state index contributed by atoms with van der Waals surface area (Å²) in [6.07, 6.45) is 0. The second-order valence-electron chi connectivity index (χ2n) is 5.86. The Hall–Kier alpha value is -2.43. The number of hydrogen-bond acceptors (Lipinski definition) is 2. The third kappa shape index (κ3) is 3.50. The van der Waals surface area contributed by atoms with Crippen LogP contribution in [0, 0.1) is 6.92 Å². The molecular weight excluding hydrogens is 378 g/mol. The van der Waals surface area contributed by atoms with Crippen LogP contribution in [0.4, 0.5) is 5.69 Å². The van der Waals surface area contributed by atoms with E-state index in [2.05, 4.69) is 21.2 Å². The second kappa shape index (κ2) is 7.21. The molecule has 0 unspecified atom stereocenters. The van der Waals surface area contributed by atoms with E-state index >= 15 is 0 Å². The van der Waals surface area contributed by atoms with E-state index in [0.717, 1.165) is 10.0 Å².